The number of nitrogens with one attached hydrogen (secondary N) is 2. The van der Waals surface area contributed by atoms with Gasteiger partial charge in [0.05, 0.1) is 17.0 Å². The standard InChI is InChI=1S/C21H23ClN4O/c1-14-4-2-5-15(10-14)12-23-20(27)16-6-3-9-26(13-16)21-24-18-8-7-17(22)11-19(18)25-21/h2,4-5,7-8,10-11,16H,3,6,9,12-13H2,1H3,(H,23,27)(H,24,25)/t16-/m1/s1. The Morgan fingerprint density at radius 1 is 1.33 bits per heavy atom. The van der Waals surface area contributed by atoms with Crippen molar-refractivity contribution in [3.8, 4) is 0 Å². The van der Waals surface area contributed by atoms with Gasteiger partial charge in [0.25, 0.3) is 0 Å². The second-order valence-corrected chi connectivity index (χ2v) is 7.65. The molecule has 2 heterocycles. The molecule has 2 N–H and O–H groups in total. The fourth-order valence-corrected chi connectivity index (χ4v) is 3.83. The van der Waals surface area contributed by atoms with E-state index in [4.69, 9.17) is 11.6 Å². The molecule has 140 valence electrons. The number of nitrogens with zero attached hydrogens (tertiary/aromatic N) is 2. The number of hydrogen-bond acceptors (Lipinski definition) is 3. The molecular formula is C21H23ClN4O. The second-order valence-electron chi connectivity index (χ2n) is 7.21. The smallest absolute Gasteiger partial charge is 0.225 e. The van der Waals surface area contributed by atoms with Gasteiger partial charge in [-0.2, -0.15) is 0 Å². The number of piperidine rings is 1. The maximum atomic E-state index is 12.7. The Morgan fingerprint density at radius 2 is 2.22 bits per heavy atom. The van der Waals surface area contributed by atoms with Crippen LogP contribution in [-0.2, 0) is 11.3 Å². The van der Waals surface area contributed by atoms with Crippen LogP contribution in [0.1, 0.15) is 24.0 Å². The van der Waals surface area contributed by atoms with E-state index in [2.05, 4.69) is 39.2 Å². The first kappa shape index (κ1) is 17.9. The van der Waals surface area contributed by atoms with E-state index in [1.807, 2.05) is 30.3 Å². The molecule has 0 aliphatic carbocycles. The molecule has 0 radical (unpaired) electrons. The summed E-state index contributed by atoms with van der Waals surface area (Å²) in [7, 11) is 0. The Bertz CT molecular complexity index is 968. The molecule has 4 rings (SSSR count). The van der Waals surface area contributed by atoms with Crippen molar-refractivity contribution in [2.24, 2.45) is 5.92 Å². The zero-order chi connectivity index (χ0) is 18.8. The van der Waals surface area contributed by atoms with Gasteiger partial charge in [-0.15, -0.1) is 0 Å². The first-order chi connectivity index (χ1) is 13.1. The van der Waals surface area contributed by atoms with E-state index >= 15 is 0 Å². The number of halogens is 1. The van der Waals surface area contributed by atoms with Gasteiger partial charge in [-0.25, -0.2) is 4.98 Å². The number of rotatable bonds is 4. The van der Waals surface area contributed by atoms with E-state index in [0.29, 0.717) is 18.1 Å². The van der Waals surface area contributed by atoms with E-state index in [0.717, 1.165) is 41.9 Å². The van der Waals surface area contributed by atoms with Crippen molar-refractivity contribution in [2.75, 3.05) is 18.0 Å². The fraction of sp³-hybridized carbons (Fsp3) is 0.333. The van der Waals surface area contributed by atoms with Crippen LogP contribution in [0.4, 0.5) is 5.95 Å². The van der Waals surface area contributed by atoms with Gasteiger partial charge >= 0.3 is 0 Å². The number of benzene rings is 2. The normalized spacial score (nSPS) is 17.3. The second kappa shape index (κ2) is 7.61. The van der Waals surface area contributed by atoms with E-state index in [-0.39, 0.29) is 11.8 Å². The number of aryl methyl sites for hydroxylation is 1. The number of aromatic amines is 1. The number of imidazole rings is 1. The molecule has 1 saturated heterocycles. The highest BCUT2D eigenvalue weighted by Gasteiger charge is 2.27. The number of carbonyl (C=O) groups excluding carboxylic acids is 1. The van der Waals surface area contributed by atoms with Gasteiger partial charge in [0.2, 0.25) is 11.9 Å². The summed E-state index contributed by atoms with van der Waals surface area (Å²) < 4.78 is 0. The molecule has 1 aromatic heterocycles. The Morgan fingerprint density at radius 3 is 3.07 bits per heavy atom. The van der Waals surface area contributed by atoms with Crippen LogP contribution in [0.3, 0.4) is 0 Å². The highest BCUT2D eigenvalue weighted by Crippen LogP contribution is 2.25. The van der Waals surface area contributed by atoms with E-state index in [9.17, 15) is 4.79 Å². The number of H-pyrrole nitrogens is 1. The summed E-state index contributed by atoms with van der Waals surface area (Å²) in [5.41, 5.74) is 4.14. The van der Waals surface area contributed by atoms with E-state index in [1.54, 1.807) is 0 Å². The third-order valence-corrected chi connectivity index (χ3v) is 5.31. The van der Waals surface area contributed by atoms with Crippen LogP contribution in [0, 0.1) is 12.8 Å². The predicted molar refractivity (Wildman–Crippen MR) is 109 cm³/mol. The van der Waals surface area contributed by atoms with Crippen LogP contribution in [0.2, 0.25) is 5.02 Å². The van der Waals surface area contributed by atoms with Gasteiger partial charge in [0.1, 0.15) is 0 Å². The molecule has 0 unspecified atom stereocenters. The van der Waals surface area contributed by atoms with Crippen molar-refractivity contribution < 1.29 is 4.79 Å². The lowest BCUT2D eigenvalue weighted by Crippen LogP contribution is -2.43. The first-order valence-electron chi connectivity index (χ1n) is 9.32. The Labute approximate surface area is 163 Å². The summed E-state index contributed by atoms with van der Waals surface area (Å²) >= 11 is 6.06. The van der Waals surface area contributed by atoms with E-state index in [1.165, 1.54) is 5.56 Å². The van der Waals surface area contributed by atoms with Gasteiger partial charge in [-0.1, -0.05) is 41.4 Å². The van der Waals surface area contributed by atoms with E-state index < -0.39 is 0 Å². The highest BCUT2D eigenvalue weighted by atomic mass is 35.5. The Hall–Kier alpha value is -2.53. The molecule has 27 heavy (non-hydrogen) atoms. The fourth-order valence-electron chi connectivity index (χ4n) is 3.66. The molecule has 0 spiro atoms. The highest BCUT2D eigenvalue weighted by molar-refractivity contribution is 6.31. The quantitative estimate of drug-likeness (QED) is 0.715. The zero-order valence-electron chi connectivity index (χ0n) is 15.3. The van der Waals surface area contributed by atoms with Gasteiger partial charge in [0, 0.05) is 24.7 Å². The molecule has 3 aromatic rings. The van der Waals surface area contributed by atoms with Crippen molar-refractivity contribution in [1.82, 2.24) is 15.3 Å². The van der Waals surface area contributed by atoms with Crippen molar-refractivity contribution in [2.45, 2.75) is 26.3 Å². The molecule has 1 atom stereocenters. The third kappa shape index (κ3) is 4.08. The monoisotopic (exact) mass is 382 g/mol. The van der Waals surface area contributed by atoms with Crippen molar-refractivity contribution in [1.29, 1.82) is 0 Å². The predicted octanol–water partition coefficient (Wildman–Crippen LogP) is 4.06. The van der Waals surface area contributed by atoms with Crippen LogP contribution in [-0.4, -0.2) is 29.0 Å². The molecule has 0 saturated carbocycles. The maximum absolute atomic E-state index is 12.7. The number of fused-ring (bicyclic) bond motifs is 1. The molecule has 1 amide bonds. The molecule has 1 aliphatic rings. The van der Waals surface area contributed by atoms with Crippen LogP contribution in [0.5, 0.6) is 0 Å². The van der Waals surface area contributed by atoms with Crippen molar-refractivity contribution in [3.05, 3.63) is 58.6 Å². The molecular weight excluding hydrogens is 360 g/mol. The van der Waals surface area contributed by atoms with Crippen LogP contribution in [0.25, 0.3) is 11.0 Å². The van der Waals surface area contributed by atoms with Crippen LogP contribution < -0.4 is 10.2 Å². The molecule has 5 nitrogen and oxygen atoms in total. The Balaban J connectivity index is 1.41. The number of amides is 1. The summed E-state index contributed by atoms with van der Waals surface area (Å²) in [6.07, 6.45) is 1.88. The summed E-state index contributed by atoms with van der Waals surface area (Å²) in [5.74, 6) is 0.893. The van der Waals surface area contributed by atoms with Crippen LogP contribution in [0.15, 0.2) is 42.5 Å². The first-order valence-corrected chi connectivity index (χ1v) is 9.70. The minimum atomic E-state index is -0.0274. The van der Waals surface area contributed by atoms with Crippen LogP contribution >= 0.6 is 11.6 Å². The van der Waals surface area contributed by atoms with Gasteiger partial charge in [-0.3, -0.25) is 4.79 Å². The average molecular weight is 383 g/mol. The minimum absolute atomic E-state index is 0.0274. The Kier molecular flexibility index (Phi) is 5.03. The third-order valence-electron chi connectivity index (χ3n) is 5.07. The van der Waals surface area contributed by atoms with Gasteiger partial charge < -0.3 is 15.2 Å². The average Bonchev–Trinajstić information content (AvgIpc) is 3.09. The number of anilines is 1. The van der Waals surface area contributed by atoms with Crippen molar-refractivity contribution in [3.63, 3.8) is 0 Å². The molecule has 0 bridgehead atoms. The minimum Gasteiger partial charge on any atom is -0.352 e. The lowest BCUT2D eigenvalue weighted by atomic mass is 9.97. The summed E-state index contributed by atoms with van der Waals surface area (Å²) in [5, 5.41) is 3.77. The summed E-state index contributed by atoms with van der Waals surface area (Å²) in [6, 6.07) is 13.9. The maximum Gasteiger partial charge on any atom is 0.225 e. The molecule has 1 fully saturated rings. The number of aromatic nitrogens is 2. The summed E-state index contributed by atoms with van der Waals surface area (Å²) in [6.45, 7) is 4.20. The SMILES string of the molecule is Cc1cccc(CNC(=O)[C@@H]2CCCN(c3nc4ccc(Cl)cc4[nH]3)C2)c1. The molecule has 1 aliphatic heterocycles. The zero-order valence-corrected chi connectivity index (χ0v) is 16.1. The molecule has 6 heteroatoms. The summed E-state index contributed by atoms with van der Waals surface area (Å²) in [4.78, 5) is 22.8. The lowest BCUT2D eigenvalue weighted by Gasteiger charge is -2.31. The van der Waals surface area contributed by atoms with Crippen molar-refractivity contribution >= 4 is 34.5 Å². The van der Waals surface area contributed by atoms with Gasteiger partial charge in [-0.05, 0) is 43.5 Å². The lowest BCUT2D eigenvalue weighted by molar-refractivity contribution is -0.125. The molecule has 2 aromatic carbocycles. The largest absolute Gasteiger partial charge is 0.352 e. The number of hydrogen-bond donors (Lipinski definition) is 2. The topological polar surface area (TPSA) is 61.0 Å². The van der Waals surface area contributed by atoms with Gasteiger partial charge in [0.15, 0.2) is 0 Å². The number of carbonyl (C=O) groups is 1.